The van der Waals surface area contributed by atoms with E-state index in [0.29, 0.717) is 92.5 Å². The highest BCUT2D eigenvalue weighted by atomic mass is 16.3. The van der Waals surface area contributed by atoms with Crippen LogP contribution in [0.3, 0.4) is 0 Å². The zero-order chi connectivity index (χ0) is 51.1. The predicted molar refractivity (Wildman–Crippen MR) is 282 cm³/mol. The Balaban J connectivity index is 0.000000174. The number of benzene rings is 4. The van der Waals surface area contributed by atoms with Crippen molar-refractivity contribution in [2.24, 2.45) is 0 Å². The van der Waals surface area contributed by atoms with Crippen LogP contribution in [-0.2, 0) is 0 Å². The fraction of sp³-hybridized carbons (Fsp3) is 0.508. The Hall–Kier alpha value is -5.33. The molecule has 11 heteroatoms. The van der Waals surface area contributed by atoms with Crippen LogP contribution in [0.2, 0.25) is 0 Å². The average Bonchev–Trinajstić information content (AvgIpc) is 4.01. The van der Waals surface area contributed by atoms with Crippen LogP contribution >= 0.6 is 0 Å². The Labute approximate surface area is 418 Å². The number of β-amino-alcohol motifs (C(OH)–C–C–N with tert-alkyl or cyclic N) is 4. The maximum atomic E-state index is 12.2. The van der Waals surface area contributed by atoms with Gasteiger partial charge in [0.2, 0.25) is 0 Å². The monoisotopic (exact) mass is 959 g/mol. The molecule has 0 unspecified atom stereocenters. The van der Waals surface area contributed by atoms with E-state index in [4.69, 9.17) is 0 Å². The number of hydrogen-bond donors (Lipinski definition) is 4. The summed E-state index contributed by atoms with van der Waals surface area (Å²) in [6.45, 7) is 26.5. The number of nitrogens with zero attached hydrogens (tertiary/aromatic N) is 4. The van der Waals surface area contributed by atoms with Crippen molar-refractivity contribution < 1.29 is 34.8 Å². The molecular formula is C59H82N4O7. The van der Waals surface area contributed by atoms with Crippen molar-refractivity contribution in [3.8, 4) is 0 Å². The first-order valence-corrected chi connectivity index (χ1v) is 25.7. The lowest BCUT2D eigenvalue weighted by Crippen LogP contribution is -2.42. The van der Waals surface area contributed by atoms with Gasteiger partial charge in [0.1, 0.15) is 0 Å². The van der Waals surface area contributed by atoms with Gasteiger partial charge in [-0.15, -0.1) is 0 Å². The lowest BCUT2D eigenvalue weighted by atomic mass is 10.00. The summed E-state index contributed by atoms with van der Waals surface area (Å²) in [4.78, 5) is 43.8. The fourth-order valence-corrected chi connectivity index (χ4v) is 9.01. The van der Waals surface area contributed by atoms with E-state index in [-0.39, 0.29) is 42.1 Å². The van der Waals surface area contributed by atoms with Crippen LogP contribution in [0.1, 0.15) is 176 Å². The minimum absolute atomic E-state index is 0.0249. The molecule has 380 valence electrons. The molecule has 4 N–H and O–H groups in total. The molecular weight excluding hydrogens is 877 g/mol. The van der Waals surface area contributed by atoms with Crippen LogP contribution < -0.4 is 0 Å². The van der Waals surface area contributed by atoms with Gasteiger partial charge in [-0.2, -0.15) is 0 Å². The molecule has 4 heterocycles. The molecule has 11 nitrogen and oxygen atoms in total. The highest BCUT2D eigenvalue weighted by Gasteiger charge is 2.27. The van der Waals surface area contributed by atoms with Gasteiger partial charge in [0, 0.05) is 74.7 Å². The normalized spacial score (nSPS) is 20.1. The van der Waals surface area contributed by atoms with Gasteiger partial charge in [-0.3, -0.25) is 14.4 Å². The largest absolute Gasteiger partial charge is 0.391 e. The van der Waals surface area contributed by atoms with Crippen LogP contribution in [0.5, 0.6) is 0 Å². The minimum atomic E-state index is -0.363. The topological polar surface area (TPSA) is 145 Å². The zero-order valence-corrected chi connectivity index (χ0v) is 43.3. The van der Waals surface area contributed by atoms with Crippen molar-refractivity contribution in [3.05, 3.63) is 148 Å². The molecule has 0 bridgehead atoms. The molecule has 4 aliphatic rings. The number of piperidine rings is 2. The number of aliphatic hydroxyl groups is 4. The van der Waals surface area contributed by atoms with Crippen molar-refractivity contribution >= 4 is 23.4 Å². The van der Waals surface area contributed by atoms with E-state index in [1.165, 1.54) is 22.3 Å². The minimum Gasteiger partial charge on any atom is -0.391 e. The van der Waals surface area contributed by atoms with Crippen LogP contribution in [-0.4, -0.2) is 135 Å². The van der Waals surface area contributed by atoms with E-state index in [1.807, 2.05) is 72.8 Å². The van der Waals surface area contributed by atoms with Crippen molar-refractivity contribution in [1.29, 1.82) is 0 Å². The molecule has 4 atom stereocenters. The molecule has 0 spiro atoms. The fourth-order valence-electron chi connectivity index (χ4n) is 9.01. The highest BCUT2D eigenvalue weighted by Crippen LogP contribution is 2.25. The Morgan fingerprint density at radius 1 is 0.386 bits per heavy atom. The molecule has 3 amide bonds. The van der Waals surface area contributed by atoms with Gasteiger partial charge in [0.15, 0.2) is 0 Å². The summed E-state index contributed by atoms with van der Waals surface area (Å²) in [6, 6.07) is 31.9. The Morgan fingerprint density at radius 2 is 0.629 bits per heavy atom. The smallest absolute Gasteiger partial charge is 0.253 e. The van der Waals surface area contributed by atoms with Crippen molar-refractivity contribution in [2.45, 2.75) is 142 Å². The molecule has 0 aromatic heterocycles. The molecule has 0 radical (unpaired) electrons. The van der Waals surface area contributed by atoms with E-state index in [9.17, 15) is 34.8 Å². The van der Waals surface area contributed by atoms with Crippen molar-refractivity contribution in [1.82, 2.24) is 19.6 Å². The first-order valence-electron chi connectivity index (χ1n) is 25.7. The van der Waals surface area contributed by atoms with E-state index in [2.05, 4.69) is 91.1 Å². The summed E-state index contributed by atoms with van der Waals surface area (Å²) in [5.74, 6) is 2.08. The summed E-state index contributed by atoms with van der Waals surface area (Å²) in [5, 5.41) is 38.1. The molecule has 4 aliphatic heterocycles. The summed E-state index contributed by atoms with van der Waals surface area (Å²) < 4.78 is 0. The number of aliphatic hydroxyl groups excluding tert-OH is 4. The van der Waals surface area contributed by atoms with Gasteiger partial charge >= 0.3 is 0 Å². The average molecular weight is 959 g/mol. The molecule has 4 aromatic rings. The molecule has 8 rings (SSSR count). The number of likely N-dealkylation sites (tertiary alicyclic amines) is 4. The standard InChI is InChI=1S/C16H23NO.C15H21NO2.2C14H19NO2/c1-12(2)14-6-8-15(9-7-14)13(3)17-10-4-5-16(18)11-17;1-11(2)12-5-7-13(8-6-12)15(18)16-9-3-4-14(17)10-16;2*1-10(2)11-3-5-12(6-4-11)14(17)15-8-7-13(16)9-15/h6-9,12,16,18H,3-5,10-11H2,1-2H3;5-8,11,14,17H,3-4,9-10H2,1-2H3;2*3-6,10,13,16H,7-9H2,1-2H3/t16-;14-;2*13-/m0110/s1. The van der Waals surface area contributed by atoms with E-state index < -0.39 is 0 Å². The summed E-state index contributed by atoms with van der Waals surface area (Å²) in [6.07, 6.45) is 3.75. The van der Waals surface area contributed by atoms with Gasteiger partial charge in [-0.05, 0) is 126 Å². The summed E-state index contributed by atoms with van der Waals surface area (Å²) in [5.41, 5.74) is 9.40. The molecule has 4 saturated heterocycles. The maximum absolute atomic E-state index is 12.2. The quantitative estimate of drug-likeness (QED) is 0.130. The van der Waals surface area contributed by atoms with E-state index >= 15 is 0 Å². The van der Waals surface area contributed by atoms with E-state index in [0.717, 1.165) is 50.0 Å². The number of amides is 3. The van der Waals surface area contributed by atoms with Crippen molar-refractivity contribution in [3.63, 3.8) is 0 Å². The van der Waals surface area contributed by atoms with Gasteiger partial charge in [-0.1, -0.05) is 123 Å². The zero-order valence-electron chi connectivity index (χ0n) is 43.3. The third kappa shape index (κ3) is 16.4. The SMILES string of the molecule is C=C(c1ccc(C(C)C)cc1)N1CCC[C@H](O)C1.CC(C)c1ccc(C(=O)N2CCC[C@@H](O)C2)cc1.CC(C)c1ccc(C(=O)N2CC[C@@H](O)C2)cc1.CC(C)c1ccc(C(=O)N2CC[C@H](O)C2)cc1. The van der Waals surface area contributed by atoms with Gasteiger partial charge < -0.3 is 40.0 Å². The van der Waals surface area contributed by atoms with E-state index in [1.54, 1.807) is 14.7 Å². The summed E-state index contributed by atoms with van der Waals surface area (Å²) in [7, 11) is 0. The number of rotatable bonds is 9. The molecule has 4 fully saturated rings. The first kappa shape index (κ1) is 55.6. The Morgan fingerprint density at radius 3 is 0.900 bits per heavy atom. The number of carbonyl (C=O) groups is 3. The second-order valence-electron chi connectivity index (χ2n) is 20.7. The predicted octanol–water partition coefficient (Wildman–Crippen LogP) is 9.68. The maximum Gasteiger partial charge on any atom is 0.253 e. The van der Waals surface area contributed by atoms with Crippen LogP contribution in [0.4, 0.5) is 0 Å². The van der Waals surface area contributed by atoms with Crippen LogP contribution in [0.25, 0.3) is 5.70 Å². The highest BCUT2D eigenvalue weighted by molar-refractivity contribution is 5.95. The third-order valence-electron chi connectivity index (χ3n) is 13.7. The molecule has 0 aliphatic carbocycles. The van der Waals surface area contributed by atoms with Gasteiger partial charge in [0.05, 0.1) is 24.4 Å². The molecule has 0 saturated carbocycles. The second kappa shape index (κ2) is 26.8. The molecule has 70 heavy (non-hydrogen) atoms. The third-order valence-corrected chi connectivity index (χ3v) is 13.7. The van der Waals surface area contributed by atoms with Crippen LogP contribution in [0, 0.1) is 0 Å². The summed E-state index contributed by atoms with van der Waals surface area (Å²) >= 11 is 0. The lowest BCUT2D eigenvalue weighted by Gasteiger charge is -2.33. The van der Waals surface area contributed by atoms with Crippen LogP contribution in [0.15, 0.2) is 104 Å². The first-order chi connectivity index (χ1) is 33.3. The number of carbonyl (C=O) groups excluding carboxylic acids is 3. The number of hydrogen-bond acceptors (Lipinski definition) is 8. The Kier molecular flexibility index (Phi) is 21.3. The van der Waals surface area contributed by atoms with Gasteiger partial charge in [0.25, 0.3) is 17.7 Å². The van der Waals surface area contributed by atoms with Gasteiger partial charge in [-0.25, -0.2) is 0 Å². The second-order valence-corrected chi connectivity index (χ2v) is 20.7. The molecule has 4 aromatic carbocycles. The lowest BCUT2D eigenvalue weighted by molar-refractivity contribution is 0.0473. The Bertz CT molecular complexity index is 2100. The van der Waals surface area contributed by atoms with Crippen molar-refractivity contribution in [2.75, 3.05) is 52.4 Å².